The molecule has 0 saturated heterocycles. The highest BCUT2D eigenvalue weighted by molar-refractivity contribution is 6.20. The van der Waals surface area contributed by atoms with Crippen LogP contribution in [-0.2, 0) is 0 Å². The van der Waals surface area contributed by atoms with Crippen molar-refractivity contribution in [2.45, 2.75) is 0 Å². The van der Waals surface area contributed by atoms with Crippen molar-refractivity contribution in [3.63, 3.8) is 0 Å². The highest BCUT2D eigenvalue weighted by Crippen LogP contribution is 2.48. The van der Waals surface area contributed by atoms with E-state index in [4.69, 9.17) is 8.83 Å². The van der Waals surface area contributed by atoms with E-state index in [1.165, 1.54) is 21.8 Å². The summed E-state index contributed by atoms with van der Waals surface area (Å²) in [5, 5.41) is 9.13. The van der Waals surface area contributed by atoms with E-state index in [0.29, 0.717) is 0 Å². The smallest absolute Gasteiger partial charge is 0.143 e. The van der Waals surface area contributed by atoms with Crippen molar-refractivity contribution in [1.82, 2.24) is 4.57 Å². The first kappa shape index (κ1) is 30.9. The minimum Gasteiger partial charge on any atom is -0.456 e. The van der Waals surface area contributed by atoms with Crippen LogP contribution in [0.25, 0.3) is 93.3 Å². The molecule has 0 aliphatic heterocycles. The summed E-state index contributed by atoms with van der Waals surface area (Å²) in [6.45, 7) is 0. The van der Waals surface area contributed by atoms with Gasteiger partial charge >= 0.3 is 0 Å². The van der Waals surface area contributed by atoms with E-state index in [1.807, 2.05) is 12.1 Å². The van der Waals surface area contributed by atoms with Crippen LogP contribution in [0.4, 0.5) is 17.1 Å². The van der Waals surface area contributed by atoms with E-state index in [-0.39, 0.29) is 0 Å². The Morgan fingerprint density at radius 1 is 0.357 bits per heavy atom. The molecule has 12 rings (SSSR count). The van der Waals surface area contributed by atoms with Crippen LogP contribution in [-0.4, -0.2) is 4.57 Å². The van der Waals surface area contributed by atoms with Gasteiger partial charge in [0.15, 0.2) is 0 Å². The number of para-hydroxylation sites is 4. The molecule has 56 heavy (non-hydrogen) atoms. The highest BCUT2D eigenvalue weighted by Gasteiger charge is 2.24. The fraction of sp³-hybridized carbons (Fsp3) is 0. The standard InChI is InChI=1S/C52H32N2O2/c1-2-14-36-33(13-1)27-32-42-50-40(19-11-25-48(50)56-52(36)42)39-17-5-9-22-45(39)54(46-23-12-26-49-51(46)41-18-6-10-24-47(41)55-49)35-30-28-34(29-31-35)53-43-20-7-3-15-37(43)38-16-4-8-21-44(38)53/h1-32H. The maximum Gasteiger partial charge on any atom is 0.143 e. The van der Waals surface area contributed by atoms with E-state index in [9.17, 15) is 0 Å². The predicted octanol–water partition coefficient (Wildman–Crippen LogP) is 14.9. The average molecular weight is 717 g/mol. The van der Waals surface area contributed by atoms with Crippen molar-refractivity contribution in [1.29, 1.82) is 0 Å². The summed E-state index contributed by atoms with van der Waals surface area (Å²) in [5.74, 6) is 0. The van der Waals surface area contributed by atoms with Gasteiger partial charge in [0.1, 0.15) is 22.3 Å². The summed E-state index contributed by atoms with van der Waals surface area (Å²) in [5.41, 5.74) is 12.3. The molecule has 4 heteroatoms. The molecule has 0 fully saturated rings. The van der Waals surface area contributed by atoms with Crippen molar-refractivity contribution in [3.05, 3.63) is 194 Å². The molecule has 3 heterocycles. The first-order chi connectivity index (χ1) is 27.8. The van der Waals surface area contributed by atoms with E-state index >= 15 is 0 Å². The maximum absolute atomic E-state index is 6.67. The van der Waals surface area contributed by atoms with Crippen molar-refractivity contribution < 1.29 is 8.83 Å². The van der Waals surface area contributed by atoms with E-state index in [0.717, 1.165) is 88.5 Å². The van der Waals surface area contributed by atoms with Gasteiger partial charge in [-0.2, -0.15) is 0 Å². The molecular weight excluding hydrogens is 685 g/mol. The zero-order valence-electron chi connectivity index (χ0n) is 30.2. The number of benzene rings is 9. The van der Waals surface area contributed by atoms with Crippen LogP contribution < -0.4 is 4.90 Å². The molecule has 0 aliphatic carbocycles. The second-order valence-electron chi connectivity index (χ2n) is 14.4. The third-order valence-corrected chi connectivity index (χ3v) is 11.4. The molecule has 0 spiro atoms. The van der Waals surface area contributed by atoms with Crippen LogP contribution in [0.1, 0.15) is 0 Å². The summed E-state index contributed by atoms with van der Waals surface area (Å²) in [6, 6.07) is 69.0. The van der Waals surface area contributed by atoms with Gasteiger partial charge in [0.2, 0.25) is 0 Å². The van der Waals surface area contributed by atoms with Gasteiger partial charge in [-0.15, -0.1) is 0 Å². The molecule has 3 aromatic heterocycles. The van der Waals surface area contributed by atoms with E-state index in [1.54, 1.807) is 0 Å². The molecule has 0 atom stereocenters. The van der Waals surface area contributed by atoms with Gasteiger partial charge < -0.3 is 18.3 Å². The molecule has 0 radical (unpaired) electrons. The van der Waals surface area contributed by atoms with Crippen molar-refractivity contribution in [2.24, 2.45) is 0 Å². The summed E-state index contributed by atoms with van der Waals surface area (Å²) in [7, 11) is 0. The minimum absolute atomic E-state index is 0.850. The number of rotatable bonds is 5. The second kappa shape index (κ2) is 12.0. The molecule has 0 saturated carbocycles. The fourth-order valence-electron chi connectivity index (χ4n) is 8.98. The van der Waals surface area contributed by atoms with Gasteiger partial charge in [-0.3, -0.25) is 0 Å². The van der Waals surface area contributed by atoms with Crippen molar-refractivity contribution in [2.75, 3.05) is 4.90 Å². The van der Waals surface area contributed by atoms with Crippen LogP contribution in [0.2, 0.25) is 0 Å². The fourth-order valence-corrected chi connectivity index (χ4v) is 8.98. The first-order valence-corrected chi connectivity index (χ1v) is 19.0. The van der Waals surface area contributed by atoms with Crippen LogP contribution >= 0.6 is 0 Å². The highest BCUT2D eigenvalue weighted by atomic mass is 16.3. The van der Waals surface area contributed by atoms with Crippen molar-refractivity contribution >= 4 is 93.5 Å². The Morgan fingerprint density at radius 2 is 0.946 bits per heavy atom. The van der Waals surface area contributed by atoms with Crippen LogP contribution in [0.15, 0.2) is 203 Å². The van der Waals surface area contributed by atoms with Gasteiger partial charge in [-0.1, -0.05) is 121 Å². The molecule has 0 bridgehead atoms. The molecule has 9 aromatic carbocycles. The molecule has 0 aliphatic rings. The summed E-state index contributed by atoms with van der Waals surface area (Å²) in [4.78, 5) is 2.39. The van der Waals surface area contributed by atoms with Gasteiger partial charge in [-0.05, 0) is 83.7 Å². The lowest BCUT2D eigenvalue weighted by atomic mass is 9.96. The molecule has 12 aromatic rings. The topological polar surface area (TPSA) is 34.5 Å². The van der Waals surface area contributed by atoms with Gasteiger partial charge in [0, 0.05) is 49.3 Å². The predicted molar refractivity (Wildman–Crippen MR) is 233 cm³/mol. The molecule has 262 valence electrons. The quantitative estimate of drug-likeness (QED) is 0.178. The minimum atomic E-state index is 0.850. The Balaban J connectivity index is 1.11. The van der Waals surface area contributed by atoms with Crippen molar-refractivity contribution in [3.8, 4) is 16.8 Å². The number of fused-ring (bicyclic) bond motifs is 11. The molecule has 0 unspecified atom stereocenters. The monoisotopic (exact) mass is 716 g/mol. The first-order valence-electron chi connectivity index (χ1n) is 19.0. The lowest BCUT2D eigenvalue weighted by molar-refractivity contribution is 0.669. The third-order valence-electron chi connectivity index (χ3n) is 11.4. The lowest BCUT2D eigenvalue weighted by Gasteiger charge is -2.29. The Hall–Kier alpha value is -7.56. The lowest BCUT2D eigenvalue weighted by Crippen LogP contribution is -2.12. The maximum atomic E-state index is 6.67. The van der Waals surface area contributed by atoms with Crippen LogP contribution in [0.3, 0.4) is 0 Å². The van der Waals surface area contributed by atoms with Gasteiger partial charge in [0.25, 0.3) is 0 Å². The Morgan fingerprint density at radius 3 is 1.75 bits per heavy atom. The average Bonchev–Trinajstić information content (AvgIpc) is 3.95. The molecule has 0 amide bonds. The Labute approximate surface area is 321 Å². The van der Waals surface area contributed by atoms with E-state index < -0.39 is 0 Å². The largest absolute Gasteiger partial charge is 0.456 e. The Kier molecular flexibility index (Phi) is 6.60. The number of anilines is 3. The molecular formula is C52H32N2O2. The third kappa shape index (κ3) is 4.47. The zero-order valence-corrected chi connectivity index (χ0v) is 30.2. The SMILES string of the molecule is c1ccc(N(c2ccc(-n3c4ccccc4c4ccccc43)cc2)c2cccc3oc4ccccc4c23)c(-c2cccc3oc4c5ccccc5ccc4c23)c1. The Bertz CT molecular complexity index is 3440. The normalized spacial score (nSPS) is 11.9. The zero-order chi connectivity index (χ0) is 36.7. The van der Waals surface area contributed by atoms with Gasteiger partial charge in [-0.25, -0.2) is 0 Å². The van der Waals surface area contributed by atoms with Gasteiger partial charge in [0.05, 0.1) is 27.8 Å². The number of hydrogen-bond acceptors (Lipinski definition) is 3. The summed E-state index contributed by atoms with van der Waals surface area (Å²) in [6.07, 6.45) is 0. The number of nitrogens with zero attached hydrogens (tertiary/aromatic N) is 2. The number of hydrogen-bond donors (Lipinski definition) is 0. The summed E-state index contributed by atoms with van der Waals surface area (Å²) >= 11 is 0. The van der Waals surface area contributed by atoms with E-state index in [2.05, 4.69) is 191 Å². The molecule has 4 nitrogen and oxygen atoms in total. The number of aromatic nitrogens is 1. The second-order valence-corrected chi connectivity index (χ2v) is 14.4. The van der Waals surface area contributed by atoms with Crippen LogP contribution in [0.5, 0.6) is 0 Å². The van der Waals surface area contributed by atoms with Crippen LogP contribution in [0, 0.1) is 0 Å². The summed E-state index contributed by atoms with van der Waals surface area (Å²) < 4.78 is 15.5. The molecule has 0 N–H and O–H groups in total. The number of furan rings is 2.